The minimum Gasteiger partial charge on any atom is -0.309 e. The van der Waals surface area contributed by atoms with Crippen molar-refractivity contribution in [2.45, 2.75) is 25.9 Å². The molecule has 1 aliphatic heterocycles. The van der Waals surface area contributed by atoms with Crippen molar-refractivity contribution in [1.29, 1.82) is 0 Å². The highest BCUT2D eigenvalue weighted by Crippen LogP contribution is 2.19. The summed E-state index contributed by atoms with van der Waals surface area (Å²) in [5, 5.41) is 3.46. The Labute approximate surface area is 110 Å². The molecule has 0 bridgehead atoms. The predicted octanol–water partition coefficient (Wildman–Crippen LogP) is 2.77. The molecule has 17 heavy (non-hydrogen) atoms. The van der Waals surface area contributed by atoms with Gasteiger partial charge < -0.3 is 5.32 Å². The third-order valence-electron chi connectivity index (χ3n) is 3.05. The van der Waals surface area contributed by atoms with Crippen LogP contribution in [0.25, 0.3) is 0 Å². The van der Waals surface area contributed by atoms with Crippen molar-refractivity contribution in [3.8, 4) is 0 Å². The van der Waals surface area contributed by atoms with Gasteiger partial charge in [-0.2, -0.15) is 0 Å². The molecule has 0 aromatic heterocycles. The summed E-state index contributed by atoms with van der Waals surface area (Å²) in [6.45, 7) is 7.90. The standard InChI is InChI=1S/C13H18BrFN2/c1-13(2)9-17(6-5-16-13)8-10-7-11(14)3-4-12(10)15/h3-4,7,16H,5-6,8-9H2,1-2H3. The van der Waals surface area contributed by atoms with E-state index in [-0.39, 0.29) is 11.4 Å². The van der Waals surface area contributed by atoms with Gasteiger partial charge in [0, 0.05) is 41.8 Å². The van der Waals surface area contributed by atoms with E-state index < -0.39 is 0 Å². The molecule has 94 valence electrons. The molecular weight excluding hydrogens is 283 g/mol. The molecular formula is C13H18BrFN2. The Balaban J connectivity index is 2.07. The SMILES string of the molecule is CC1(C)CN(Cc2cc(Br)ccc2F)CCN1. The number of benzene rings is 1. The van der Waals surface area contributed by atoms with Crippen molar-refractivity contribution in [2.24, 2.45) is 0 Å². The molecule has 1 aromatic rings. The minimum absolute atomic E-state index is 0.112. The molecule has 1 fully saturated rings. The summed E-state index contributed by atoms with van der Waals surface area (Å²) in [5.74, 6) is -0.121. The van der Waals surface area contributed by atoms with Crippen LogP contribution in [-0.2, 0) is 6.54 Å². The van der Waals surface area contributed by atoms with E-state index in [1.165, 1.54) is 6.07 Å². The Morgan fingerprint density at radius 3 is 2.94 bits per heavy atom. The second-order valence-electron chi connectivity index (χ2n) is 5.26. The number of halogens is 2. The molecule has 0 amide bonds. The summed E-state index contributed by atoms with van der Waals surface area (Å²) in [6, 6.07) is 5.12. The zero-order valence-electron chi connectivity index (χ0n) is 10.3. The van der Waals surface area contributed by atoms with Crippen LogP contribution >= 0.6 is 15.9 Å². The Bertz CT molecular complexity index is 406. The van der Waals surface area contributed by atoms with Gasteiger partial charge in [-0.05, 0) is 32.0 Å². The van der Waals surface area contributed by atoms with Crippen LogP contribution in [0, 0.1) is 5.82 Å². The fraction of sp³-hybridized carbons (Fsp3) is 0.538. The quantitative estimate of drug-likeness (QED) is 0.903. The smallest absolute Gasteiger partial charge is 0.127 e. The summed E-state index contributed by atoms with van der Waals surface area (Å²) in [5.41, 5.74) is 0.873. The normalized spacial score (nSPS) is 20.5. The van der Waals surface area contributed by atoms with Crippen LogP contribution in [0.3, 0.4) is 0 Å². The fourth-order valence-electron chi connectivity index (χ4n) is 2.29. The van der Waals surface area contributed by atoms with Gasteiger partial charge >= 0.3 is 0 Å². The lowest BCUT2D eigenvalue weighted by Crippen LogP contribution is -2.56. The molecule has 0 atom stereocenters. The van der Waals surface area contributed by atoms with Crippen LogP contribution in [0.2, 0.25) is 0 Å². The summed E-state index contributed by atoms with van der Waals surface area (Å²) in [6.07, 6.45) is 0. The van der Waals surface area contributed by atoms with Gasteiger partial charge in [0.2, 0.25) is 0 Å². The van der Waals surface area contributed by atoms with E-state index in [9.17, 15) is 4.39 Å². The average molecular weight is 301 g/mol. The van der Waals surface area contributed by atoms with E-state index in [1.54, 1.807) is 6.07 Å². The van der Waals surface area contributed by atoms with Crippen molar-refractivity contribution < 1.29 is 4.39 Å². The molecule has 0 spiro atoms. The summed E-state index contributed by atoms with van der Waals surface area (Å²) in [4.78, 5) is 2.29. The third kappa shape index (κ3) is 3.50. The number of piperazine rings is 1. The molecule has 1 aromatic carbocycles. The third-order valence-corrected chi connectivity index (χ3v) is 3.55. The van der Waals surface area contributed by atoms with E-state index in [0.29, 0.717) is 6.54 Å². The molecule has 2 nitrogen and oxygen atoms in total. The molecule has 0 unspecified atom stereocenters. The number of nitrogens with one attached hydrogen (secondary N) is 1. The van der Waals surface area contributed by atoms with E-state index in [4.69, 9.17) is 0 Å². The van der Waals surface area contributed by atoms with Crippen molar-refractivity contribution in [2.75, 3.05) is 19.6 Å². The lowest BCUT2D eigenvalue weighted by Gasteiger charge is -2.39. The molecule has 1 aliphatic rings. The van der Waals surface area contributed by atoms with Crippen LogP contribution in [0.1, 0.15) is 19.4 Å². The maximum atomic E-state index is 13.7. The molecule has 0 saturated carbocycles. The maximum absolute atomic E-state index is 13.7. The van der Waals surface area contributed by atoms with Crippen molar-refractivity contribution in [3.63, 3.8) is 0 Å². The summed E-state index contributed by atoms with van der Waals surface area (Å²) in [7, 11) is 0. The first-order valence-corrected chi connectivity index (χ1v) is 6.67. The van der Waals surface area contributed by atoms with Gasteiger partial charge in [0.25, 0.3) is 0 Å². The molecule has 1 heterocycles. The molecule has 1 N–H and O–H groups in total. The van der Waals surface area contributed by atoms with Crippen molar-refractivity contribution >= 4 is 15.9 Å². The Morgan fingerprint density at radius 2 is 2.24 bits per heavy atom. The summed E-state index contributed by atoms with van der Waals surface area (Å²) < 4.78 is 14.6. The number of hydrogen-bond acceptors (Lipinski definition) is 2. The van der Waals surface area contributed by atoms with Crippen molar-refractivity contribution in [1.82, 2.24) is 10.2 Å². The first kappa shape index (κ1) is 13.0. The largest absolute Gasteiger partial charge is 0.309 e. The Kier molecular flexibility index (Phi) is 3.85. The number of nitrogens with zero attached hydrogens (tertiary/aromatic N) is 1. The van der Waals surface area contributed by atoms with Gasteiger partial charge in [0.15, 0.2) is 0 Å². The maximum Gasteiger partial charge on any atom is 0.127 e. The van der Waals surface area contributed by atoms with Gasteiger partial charge in [0.1, 0.15) is 5.82 Å². The number of hydrogen-bond donors (Lipinski definition) is 1. The van der Waals surface area contributed by atoms with Crippen LogP contribution in [0.15, 0.2) is 22.7 Å². The van der Waals surface area contributed by atoms with Crippen LogP contribution < -0.4 is 5.32 Å². The first-order chi connectivity index (χ1) is 7.96. The first-order valence-electron chi connectivity index (χ1n) is 5.88. The zero-order valence-corrected chi connectivity index (χ0v) is 11.8. The minimum atomic E-state index is -0.121. The zero-order chi connectivity index (χ0) is 12.5. The highest BCUT2D eigenvalue weighted by atomic mass is 79.9. The second kappa shape index (κ2) is 5.04. The van der Waals surface area contributed by atoms with E-state index >= 15 is 0 Å². The highest BCUT2D eigenvalue weighted by molar-refractivity contribution is 9.10. The van der Waals surface area contributed by atoms with E-state index in [1.807, 2.05) is 6.07 Å². The van der Waals surface area contributed by atoms with Gasteiger partial charge in [-0.3, -0.25) is 4.90 Å². The highest BCUT2D eigenvalue weighted by Gasteiger charge is 2.25. The predicted molar refractivity (Wildman–Crippen MR) is 71.5 cm³/mol. The van der Waals surface area contributed by atoms with Crippen LogP contribution in [-0.4, -0.2) is 30.1 Å². The monoisotopic (exact) mass is 300 g/mol. The van der Waals surface area contributed by atoms with E-state index in [2.05, 4.69) is 40.0 Å². The Morgan fingerprint density at radius 1 is 1.47 bits per heavy atom. The molecule has 2 rings (SSSR count). The van der Waals surface area contributed by atoms with Gasteiger partial charge in [-0.1, -0.05) is 15.9 Å². The van der Waals surface area contributed by atoms with Crippen LogP contribution in [0.5, 0.6) is 0 Å². The average Bonchev–Trinajstić information content (AvgIpc) is 2.22. The van der Waals surface area contributed by atoms with Crippen LogP contribution in [0.4, 0.5) is 4.39 Å². The number of rotatable bonds is 2. The second-order valence-corrected chi connectivity index (χ2v) is 6.17. The lowest BCUT2D eigenvalue weighted by atomic mass is 10.0. The van der Waals surface area contributed by atoms with Gasteiger partial charge in [0.05, 0.1) is 0 Å². The molecule has 1 saturated heterocycles. The lowest BCUT2D eigenvalue weighted by molar-refractivity contribution is 0.147. The molecule has 0 radical (unpaired) electrons. The fourth-order valence-corrected chi connectivity index (χ4v) is 2.70. The molecule has 0 aliphatic carbocycles. The van der Waals surface area contributed by atoms with E-state index in [0.717, 1.165) is 29.7 Å². The Hall–Kier alpha value is -0.450. The molecule has 4 heteroatoms. The topological polar surface area (TPSA) is 15.3 Å². The van der Waals surface area contributed by atoms with Crippen molar-refractivity contribution in [3.05, 3.63) is 34.1 Å². The van der Waals surface area contributed by atoms with Gasteiger partial charge in [-0.25, -0.2) is 4.39 Å². The van der Waals surface area contributed by atoms with Gasteiger partial charge in [-0.15, -0.1) is 0 Å². The summed E-state index contributed by atoms with van der Waals surface area (Å²) >= 11 is 3.39.